The average Bonchev–Trinajstić information content (AvgIpc) is 0.878. The molecule has 12 aromatic heterocycles. The minimum Gasteiger partial charge on any atom is -0.494 e. The normalized spacial score (nSPS) is 11.5. The van der Waals surface area contributed by atoms with Crippen LogP contribution in [0, 0.1) is 37.1 Å². The van der Waals surface area contributed by atoms with Crippen LogP contribution in [0.3, 0.4) is 0 Å². The van der Waals surface area contributed by atoms with Crippen molar-refractivity contribution in [3.05, 3.63) is 380 Å². The lowest BCUT2D eigenvalue weighted by atomic mass is 10.0. The average molecular weight is 1650 g/mol. The number of pyridine rings is 10. The van der Waals surface area contributed by atoms with Gasteiger partial charge in [0.05, 0.1) is 98.9 Å². The van der Waals surface area contributed by atoms with E-state index in [9.17, 15) is 49.9 Å². The van der Waals surface area contributed by atoms with Gasteiger partial charge >= 0.3 is 6.18 Å². The number of aryl methyl sites for hydroxylation is 2. The Bertz CT molecular complexity index is 8100. The smallest absolute Gasteiger partial charge is 0.419 e. The highest BCUT2D eigenvalue weighted by molar-refractivity contribution is 6.09. The second-order valence-corrected chi connectivity index (χ2v) is 29.0. The van der Waals surface area contributed by atoms with Gasteiger partial charge in [0.1, 0.15) is 11.6 Å². The summed E-state index contributed by atoms with van der Waals surface area (Å²) in [6.07, 6.45) is 12.4. The van der Waals surface area contributed by atoms with Crippen molar-refractivity contribution >= 4 is 98.1 Å². The number of nitrogens with one attached hydrogen (secondary N) is 2. The predicted octanol–water partition coefficient (Wildman–Crippen LogP) is 20.4. The molecule has 0 aliphatic heterocycles. The van der Waals surface area contributed by atoms with Crippen molar-refractivity contribution in [1.82, 2.24) is 68.6 Å². The van der Waals surface area contributed by atoms with Gasteiger partial charge in [0.2, 0.25) is 0 Å². The number of benzene rings is 9. The lowest BCUT2D eigenvalue weighted by Gasteiger charge is -2.15. The molecule has 0 atom stereocenters. The quantitative estimate of drug-likeness (QED) is 0.0956. The number of fused-ring (bicyclic) bond motifs is 13. The number of hydrogen-bond acceptors (Lipinski definition) is 14. The van der Waals surface area contributed by atoms with E-state index in [1.165, 1.54) is 68.8 Å². The Morgan fingerprint density at radius 2 is 0.669 bits per heavy atom. The maximum atomic E-state index is 14.1. The number of rotatable bonds is 10. The Morgan fingerprint density at radius 3 is 1.06 bits per heavy atom. The van der Waals surface area contributed by atoms with Crippen LogP contribution in [0.25, 0.3) is 165 Å². The first-order chi connectivity index (χ1) is 60.1. The van der Waals surface area contributed by atoms with E-state index in [0.29, 0.717) is 67.6 Å². The first kappa shape index (κ1) is 78.7. The van der Waals surface area contributed by atoms with Crippen molar-refractivity contribution in [2.75, 3.05) is 14.2 Å². The molecular formula is C97H63F7N14O6. The van der Waals surface area contributed by atoms with Crippen LogP contribution in [0.2, 0.25) is 0 Å². The molecule has 124 heavy (non-hydrogen) atoms. The molecule has 2 N–H and O–H groups in total. The van der Waals surface area contributed by atoms with Crippen LogP contribution in [-0.2, 0) is 6.18 Å². The van der Waals surface area contributed by atoms with Crippen molar-refractivity contribution in [3.63, 3.8) is 0 Å². The Hall–Kier alpha value is -16.5. The molecule has 0 saturated heterocycles. The van der Waals surface area contributed by atoms with E-state index < -0.39 is 34.8 Å². The maximum absolute atomic E-state index is 14.1. The molecule has 21 rings (SSSR count). The molecule has 12 heterocycles. The molecule has 9 aromatic carbocycles. The molecule has 27 heteroatoms. The Balaban J connectivity index is 0.000000113. The summed E-state index contributed by atoms with van der Waals surface area (Å²) in [7, 11) is 2.80. The molecular weight excluding hydrogens is 1590 g/mol. The minimum atomic E-state index is -4.90. The number of halogens is 7. The standard InChI is InChI=1S/C28H18FN3O2.C25H18FN3O2.C22H12F4N4O.C22H15FN4O/c1-34-26-14-21(8-9-23(26)29)32-27(33)11-7-19-15-31-25-10-6-17(13-22(25)28(19)32)20-12-18-4-2-3-5-24(18)30-16-20;1-15-3-4-17(13-27-15)16-5-9-22-20(11-16)25-18(14-28-22)6-10-24(30)29(25)19-7-8-21(26)23(12-19)31-2;23-18-4-3-15(8-17(18)22(24,25)26)30-20(31)6-2-13-9-27-19-5-1-12(7-16(19)21(13)30)14-10-28-29-11-14;1-13-8-17(4-5-19(13)23)27-21(28)7-3-15-10-24-20-6-2-14(9-18(20)22(15)27)16-11-25-26-12-16/h2-16H,1H3;3-14H,1-2H3;1-11H,(H,28,29);2-12H,1H3,(H,25,26). The number of hydrogen-bond donors (Lipinski definition) is 2. The van der Waals surface area contributed by atoms with E-state index in [-0.39, 0.29) is 39.7 Å². The van der Waals surface area contributed by atoms with Gasteiger partial charge in [0.25, 0.3) is 22.2 Å². The zero-order valence-corrected chi connectivity index (χ0v) is 65.8. The summed E-state index contributed by atoms with van der Waals surface area (Å²) in [6.45, 7) is 3.63. The van der Waals surface area contributed by atoms with Crippen LogP contribution in [0.5, 0.6) is 11.5 Å². The number of nitrogens with zero attached hydrogens (tertiary/aromatic N) is 12. The molecule has 0 spiro atoms. The summed E-state index contributed by atoms with van der Waals surface area (Å²) < 4.78 is 112. The number of aromatic amines is 2. The van der Waals surface area contributed by atoms with E-state index in [4.69, 9.17) is 9.47 Å². The molecule has 606 valence electrons. The van der Waals surface area contributed by atoms with Crippen molar-refractivity contribution in [2.45, 2.75) is 20.0 Å². The van der Waals surface area contributed by atoms with Crippen molar-refractivity contribution < 1.29 is 40.2 Å². The molecule has 21 aromatic rings. The Morgan fingerprint density at radius 1 is 0.306 bits per heavy atom. The van der Waals surface area contributed by atoms with Gasteiger partial charge in [-0.05, 0) is 193 Å². The van der Waals surface area contributed by atoms with Gasteiger partial charge in [-0.15, -0.1) is 0 Å². The van der Waals surface area contributed by atoms with Gasteiger partial charge in [-0.3, -0.25) is 77.5 Å². The van der Waals surface area contributed by atoms with Gasteiger partial charge in [-0.2, -0.15) is 23.4 Å². The highest BCUT2D eigenvalue weighted by atomic mass is 19.4. The van der Waals surface area contributed by atoms with Crippen LogP contribution in [0.15, 0.2) is 318 Å². The van der Waals surface area contributed by atoms with Crippen molar-refractivity contribution in [1.29, 1.82) is 0 Å². The fourth-order valence-electron chi connectivity index (χ4n) is 15.3. The number of alkyl halides is 3. The first-order valence-corrected chi connectivity index (χ1v) is 38.5. The van der Waals surface area contributed by atoms with E-state index in [2.05, 4.69) is 56.4 Å². The summed E-state index contributed by atoms with van der Waals surface area (Å²) in [4.78, 5) is 78.7. The lowest BCUT2D eigenvalue weighted by molar-refractivity contribution is -0.140. The summed E-state index contributed by atoms with van der Waals surface area (Å²) in [5, 5.41) is 20.5. The summed E-state index contributed by atoms with van der Waals surface area (Å²) in [5.74, 6) is -2.53. The molecule has 0 amide bonds. The van der Waals surface area contributed by atoms with Crippen molar-refractivity contribution in [3.8, 4) is 78.8 Å². The monoisotopic (exact) mass is 1650 g/mol. The second kappa shape index (κ2) is 32.4. The fourth-order valence-corrected chi connectivity index (χ4v) is 15.3. The number of methoxy groups -OCH3 is 2. The zero-order chi connectivity index (χ0) is 85.8. The van der Waals surface area contributed by atoms with Gasteiger partial charge in [0.15, 0.2) is 23.1 Å². The van der Waals surface area contributed by atoms with E-state index in [1.54, 1.807) is 125 Å². The maximum Gasteiger partial charge on any atom is 0.419 e. The topological polar surface area (TPSA) is 241 Å². The zero-order valence-electron chi connectivity index (χ0n) is 65.8. The molecule has 0 unspecified atom stereocenters. The van der Waals surface area contributed by atoms with Crippen LogP contribution >= 0.6 is 0 Å². The van der Waals surface area contributed by atoms with Gasteiger partial charge < -0.3 is 9.47 Å². The minimum absolute atomic E-state index is 0.0719. The Labute approximate surface area is 696 Å². The molecule has 0 aliphatic carbocycles. The van der Waals surface area contributed by atoms with Crippen LogP contribution in [0.1, 0.15) is 16.8 Å². The fraction of sp³-hybridized carbons (Fsp3) is 0.0515. The molecule has 0 bridgehead atoms. The summed E-state index contributed by atoms with van der Waals surface area (Å²) in [5.41, 5.74) is 14.0. The number of aromatic nitrogens is 14. The van der Waals surface area contributed by atoms with E-state index in [0.717, 1.165) is 126 Å². The van der Waals surface area contributed by atoms with Gasteiger partial charge in [-0.25, -0.2) is 17.6 Å². The SMILES string of the molecule is COc1cc(-n2c(=O)ccc3cnc4ccc(-c5ccc(C)nc5)cc4c32)ccc1F.COc1cc(-n2c(=O)ccc3cnc4ccc(-c5cnc6ccccc6c5)cc4c32)ccc1F.Cc1cc(-n2c(=O)ccc3cnc4ccc(-c5cn[nH]c5)cc4c32)ccc1F.O=c1ccc2cnc3ccc(-c4cn[nH]c4)cc3c2n1-c1ccc(F)c(C(F)(F)F)c1. The van der Waals surface area contributed by atoms with E-state index >= 15 is 0 Å². The van der Waals surface area contributed by atoms with Gasteiger partial charge in [-0.1, -0.05) is 48.5 Å². The van der Waals surface area contributed by atoms with Crippen LogP contribution < -0.4 is 31.7 Å². The number of para-hydroxylation sites is 1. The molecule has 0 radical (unpaired) electrons. The third-order valence-electron chi connectivity index (χ3n) is 21.4. The predicted molar refractivity (Wildman–Crippen MR) is 466 cm³/mol. The number of ether oxygens (including phenoxy) is 2. The first-order valence-electron chi connectivity index (χ1n) is 38.5. The van der Waals surface area contributed by atoms with Crippen molar-refractivity contribution in [2.24, 2.45) is 0 Å². The third-order valence-corrected chi connectivity index (χ3v) is 21.4. The highest BCUT2D eigenvalue weighted by Crippen LogP contribution is 2.39. The highest BCUT2D eigenvalue weighted by Gasteiger charge is 2.35. The lowest BCUT2D eigenvalue weighted by Crippen LogP contribution is -2.19. The summed E-state index contributed by atoms with van der Waals surface area (Å²) in [6, 6.07) is 65.7. The van der Waals surface area contributed by atoms with E-state index in [1.807, 2.05) is 123 Å². The third kappa shape index (κ3) is 15.0. The second-order valence-electron chi connectivity index (χ2n) is 29.0. The molecule has 0 fully saturated rings. The molecule has 0 saturated carbocycles. The summed E-state index contributed by atoms with van der Waals surface area (Å²) >= 11 is 0. The molecule has 0 aliphatic rings. The number of H-pyrrole nitrogens is 2. The van der Waals surface area contributed by atoms with Gasteiger partial charge in [0, 0.05) is 168 Å². The largest absolute Gasteiger partial charge is 0.494 e. The van der Waals surface area contributed by atoms with Crippen LogP contribution in [0.4, 0.5) is 30.7 Å². The van der Waals surface area contributed by atoms with Crippen LogP contribution in [-0.4, -0.2) is 82.8 Å². The molecule has 20 nitrogen and oxygen atoms in total. The Kier molecular flexibility index (Phi) is 20.5.